The van der Waals surface area contributed by atoms with E-state index >= 15 is 0 Å². The number of hydrogen-bond donors (Lipinski definition) is 1. The molecule has 0 radical (unpaired) electrons. The predicted molar refractivity (Wildman–Crippen MR) is 170 cm³/mol. The molecule has 3 amide bonds. The largest absolute Gasteiger partial charge is 0.394 e. The lowest BCUT2D eigenvalue weighted by molar-refractivity contribution is -0.146. The van der Waals surface area contributed by atoms with Crippen molar-refractivity contribution in [3.05, 3.63) is 67.8 Å². The molecule has 0 aromatic heterocycles. The molecule has 6 atom stereocenters. The lowest BCUT2D eigenvalue weighted by atomic mass is 9.66. The molecule has 2 aromatic rings. The number of thioether (sulfide) groups is 1. The van der Waals surface area contributed by atoms with Crippen molar-refractivity contribution in [2.45, 2.75) is 68.0 Å². The molecular weight excluding hydrogens is 546 g/mol. The summed E-state index contributed by atoms with van der Waals surface area (Å²) in [7, 11) is 0. The smallest absolute Gasteiger partial charge is 0.251 e. The average Bonchev–Trinajstić information content (AvgIpc) is 3.56. The van der Waals surface area contributed by atoms with Crippen LogP contribution < -0.4 is 4.90 Å². The minimum atomic E-state index is -0.804. The van der Waals surface area contributed by atoms with E-state index < -0.39 is 33.4 Å². The summed E-state index contributed by atoms with van der Waals surface area (Å²) >= 11 is 1.67. The van der Waals surface area contributed by atoms with Gasteiger partial charge in [-0.2, -0.15) is 0 Å². The lowest BCUT2D eigenvalue weighted by Gasteiger charge is -2.39. The Morgan fingerprint density at radius 1 is 1.10 bits per heavy atom. The number of fused-ring (bicyclic) bond motifs is 2. The van der Waals surface area contributed by atoms with Gasteiger partial charge in [-0.15, -0.1) is 24.9 Å². The maximum absolute atomic E-state index is 14.9. The van der Waals surface area contributed by atoms with E-state index in [0.29, 0.717) is 25.9 Å². The van der Waals surface area contributed by atoms with Crippen LogP contribution in [0.3, 0.4) is 0 Å². The van der Waals surface area contributed by atoms with Gasteiger partial charge in [0.15, 0.2) is 0 Å². The summed E-state index contributed by atoms with van der Waals surface area (Å²) < 4.78 is -1.21. The van der Waals surface area contributed by atoms with E-state index in [1.807, 2.05) is 61.2 Å². The molecule has 3 saturated heterocycles. The van der Waals surface area contributed by atoms with Crippen molar-refractivity contribution in [1.82, 2.24) is 9.80 Å². The predicted octanol–water partition coefficient (Wildman–Crippen LogP) is 5.04. The zero-order valence-corrected chi connectivity index (χ0v) is 25.8. The van der Waals surface area contributed by atoms with E-state index in [1.165, 1.54) is 0 Å². The molecule has 2 aromatic carbocycles. The Labute approximate surface area is 253 Å². The first kappa shape index (κ1) is 30.4. The molecule has 2 bridgehead atoms. The Morgan fingerprint density at radius 2 is 1.81 bits per heavy atom. The molecule has 8 heteroatoms. The van der Waals surface area contributed by atoms with Crippen LogP contribution in [-0.2, 0) is 14.4 Å². The molecule has 224 valence electrons. The standard InChI is InChI=1S/C34H43N3O4S/c1-6-18-35(19-7-2)30(39)27-28-31(40)37(25(9-4)22-38)29(34(28)17-16-33(27,5)42-34)32(41)36(20-8-3)26-15-14-23-12-10-11-13-24(23)21-26/h6,8,10-15,21,25,27-29,38H,1,3,7,9,16-20,22H2,2,4-5H3/t25-,27+,28-,29?,33-,34?/m0/s1. The highest BCUT2D eigenvalue weighted by Crippen LogP contribution is 2.72. The molecule has 3 aliphatic heterocycles. The molecule has 3 heterocycles. The Balaban J connectivity index is 1.62. The van der Waals surface area contributed by atoms with E-state index in [9.17, 15) is 19.5 Å². The first-order chi connectivity index (χ1) is 20.2. The van der Waals surface area contributed by atoms with Gasteiger partial charge in [-0.1, -0.05) is 56.3 Å². The quantitative estimate of drug-likeness (QED) is 0.351. The number of amides is 3. The number of hydrogen-bond acceptors (Lipinski definition) is 5. The molecule has 1 spiro atoms. The van der Waals surface area contributed by atoms with E-state index in [4.69, 9.17) is 0 Å². The van der Waals surface area contributed by atoms with Crippen molar-refractivity contribution in [3.63, 3.8) is 0 Å². The zero-order valence-electron chi connectivity index (χ0n) is 25.0. The van der Waals surface area contributed by atoms with Crippen LogP contribution in [-0.4, -0.2) is 80.4 Å². The van der Waals surface area contributed by atoms with Crippen molar-refractivity contribution < 1.29 is 19.5 Å². The van der Waals surface area contributed by atoms with Crippen LogP contribution in [0.4, 0.5) is 5.69 Å². The molecule has 5 rings (SSSR count). The van der Waals surface area contributed by atoms with Gasteiger partial charge in [-0.25, -0.2) is 0 Å². The number of likely N-dealkylation sites (tertiary alicyclic amines) is 1. The molecule has 0 aliphatic carbocycles. The molecule has 3 fully saturated rings. The van der Waals surface area contributed by atoms with E-state index in [-0.39, 0.29) is 30.9 Å². The van der Waals surface area contributed by atoms with E-state index in [1.54, 1.807) is 33.7 Å². The van der Waals surface area contributed by atoms with Crippen LogP contribution >= 0.6 is 11.8 Å². The van der Waals surface area contributed by atoms with Crippen LogP contribution in [0.5, 0.6) is 0 Å². The molecule has 3 aliphatic rings. The molecule has 7 nitrogen and oxygen atoms in total. The second kappa shape index (κ2) is 11.9. The van der Waals surface area contributed by atoms with Crippen molar-refractivity contribution >= 4 is 45.9 Å². The number of rotatable bonds is 12. The summed E-state index contributed by atoms with van der Waals surface area (Å²) in [5, 5.41) is 12.5. The van der Waals surface area contributed by atoms with Crippen molar-refractivity contribution in [2.24, 2.45) is 11.8 Å². The summed E-state index contributed by atoms with van der Waals surface area (Å²) in [6.07, 6.45) is 6.16. The number of aliphatic hydroxyl groups is 1. The van der Waals surface area contributed by atoms with Gasteiger partial charge >= 0.3 is 0 Å². The van der Waals surface area contributed by atoms with Gasteiger partial charge in [0, 0.05) is 30.1 Å². The highest BCUT2D eigenvalue weighted by atomic mass is 32.2. The second-order valence-corrected chi connectivity index (χ2v) is 14.0. The van der Waals surface area contributed by atoms with Gasteiger partial charge in [0.25, 0.3) is 5.91 Å². The van der Waals surface area contributed by atoms with Crippen molar-refractivity contribution in [2.75, 3.05) is 31.1 Å². The van der Waals surface area contributed by atoms with E-state index in [2.05, 4.69) is 20.1 Å². The topological polar surface area (TPSA) is 81.2 Å². The third-order valence-electron chi connectivity index (χ3n) is 9.57. The third-order valence-corrected chi connectivity index (χ3v) is 11.6. The number of carbonyl (C=O) groups excluding carboxylic acids is 3. The zero-order chi connectivity index (χ0) is 30.2. The summed E-state index contributed by atoms with van der Waals surface area (Å²) in [6.45, 7) is 14.9. The van der Waals surface area contributed by atoms with Gasteiger partial charge in [0.1, 0.15) is 6.04 Å². The first-order valence-electron chi connectivity index (χ1n) is 15.1. The van der Waals surface area contributed by atoms with Crippen LogP contribution in [0.1, 0.15) is 46.5 Å². The van der Waals surface area contributed by atoms with Gasteiger partial charge in [0.05, 0.1) is 29.2 Å². The Morgan fingerprint density at radius 3 is 2.45 bits per heavy atom. The third kappa shape index (κ3) is 4.67. The minimum absolute atomic E-state index is 0.0331. The van der Waals surface area contributed by atoms with Crippen molar-refractivity contribution in [1.29, 1.82) is 0 Å². The Bertz CT molecular complexity index is 1390. The van der Waals surface area contributed by atoms with Crippen LogP contribution in [0.25, 0.3) is 10.8 Å². The van der Waals surface area contributed by atoms with Gasteiger partial charge in [-0.05, 0) is 55.5 Å². The average molecular weight is 590 g/mol. The molecular formula is C34H43N3O4S. The lowest BCUT2D eigenvalue weighted by Crippen LogP contribution is -2.57. The fourth-order valence-electron chi connectivity index (χ4n) is 7.68. The Kier molecular flexibility index (Phi) is 8.59. The number of aliphatic hydroxyl groups excluding tert-OH is 1. The van der Waals surface area contributed by atoms with Crippen LogP contribution in [0.2, 0.25) is 0 Å². The van der Waals surface area contributed by atoms with Crippen LogP contribution in [0.15, 0.2) is 67.8 Å². The fourth-order valence-corrected chi connectivity index (χ4v) is 10.0. The molecule has 0 saturated carbocycles. The van der Waals surface area contributed by atoms with Gasteiger partial charge in [0.2, 0.25) is 11.8 Å². The van der Waals surface area contributed by atoms with Crippen molar-refractivity contribution in [3.8, 4) is 0 Å². The number of anilines is 1. The molecule has 42 heavy (non-hydrogen) atoms. The van der Waals surface area contributed by atoms with Gasteiger partial charge < -0.3 is 19.8 Å². The number of nitrogens with zero attached hydrogens (tertiary/aromatic N) is 3. The molecule has 2 unspecified atom stereocenters. The Hall–Kier alpha value is -3.10. The highest BCUT2D eigenvalue weighted by molar-refractivity contribution is 8.02. The summed E-state index contributed by atoms with van der Waals surface area (Å²) in [6, 6.07) is 12.6. The fraction of sp³-hybridized carbons (Fsp3) is 0.500. The number of carbonyl (C=O) groups is 3. The van der Waals surface area contributed by atoms with Gasteiger partial charge in [-0.3, -0.25) is 14.4 Å². The minimum Gasteiger partial charge on any atom is -0.394 e. The summed E-state index contributed by atoms with van der Waals surface area (Å²) in [5.74, 6) is -1.57. The normalized spacial score (nSPS) is 28.5. The maximum atomic E-state index is 14.9. The maximum Gasteiger partial charge on any atom is 0.251 e. The van der Waals surface area contributed by atoms with Crippen LogP contribution in [0, 0.1) is 11.8 Å². The second-order valence-electron chi connectivity index (χ2n) is 12.1. The monoisotopic (exact) mass is 589 g/mol. The highest BCUT2D eigenvalue weighted by Gasteiger charge is 2.78. The molecule has 1 N–H and O–H groups in total. The first-order valence-corrected chi connectivity index (χ1v) is 16.0. The summed E-state index contributed by atoms with van der Waals surface area (Å²) in [5.41, 5.74) is 0.736. The van der Waals surface area contributed by atoms with E-state index in [0.717, 1.165) is 29.3 Å². The SMILES string of the molecule is C=CCN(CCC)C(=O)[C@H]1[C@H]2C(=O)N([C@@H](CC)CO)C(C(=O)N(CC=C)c3ccc4ccccc4c3)C23CC[C@]1(C)S3. The summed E-state index contributed by atoms with van der Waals surface area (Å²) in [4.78, 5) is 48.8. The number of benzene rings is 2.